The predicted octanol–water partition coefficient (Wildman–Crippen LogP) is 4.96. The van der Waals surface area contributed by atoms with Crippen molar-refractivity contribution in [1.29, 1.82) is 0 Å². The van der Waals surface area contributed by atoms with Gasteiger partial charge in [0.15, 0.2) is 5.16 Å². The monoisotopic (exact) mass is 417 g/mol. The molecular weight excluding hydrogens is 399 g/mol. The van der Waals surface area contributed by atoms with Crippen LogP contribution in [0.25, 0.3) is 11.3 Å². The van der Waals surface area contributed by atoms with E-state index in [1.54, 1.807) is 37.3 Å². The summed E-state index contributed by atoms with van der Waals surface area (Å²) >= 11 is 0.892. The van der Waals surface area contributed by atoms with Crippen LogP contribution in [0.3, 0.4) is 0 Å². The molecule has 0 bridgehead atoms. The number of halogens is 3. The molecule has 1 N–H and O–H groups in total. The smallest absolute Gasteiger partial charge is 0.351 e. The molecule has 150 valence electrons. The minimum Gasteiger partial charge on any atom is -0.351 e. The van der Waals surface area contributed by atoms with Gasteiger partial charge in [0.25, 0.3) is 0 Å². The SMILES string of the molecule is CC(Sc1nc(-c2ccccc2)cc(C(F)(F)F)n1)C(=O)NCc1ccccc1. The van der Waals surface area contributed by atoms with Crippen LogP contribution in [0.15, 0.2) is 71.9 Å². The second kappa shape index (κ2) is 9.09. The van der Waals surface area contributed by atoms with E-state index in [9.17, 15) is 18.0 Å². The molecule has 0 aliphatic carbocycles. The molecule has 0 radical (unpaired) electrons. The van der Waals surface area contributed by atoms with E-state index in [1.165, 1.54) is 0 Å². The van der Waals surface area contributed by atoms with Gasteiger partial charge < -0.3 is 5.32 Å². The maximum Gasteiger partial charge on any atom is 0.433 e. The molecule has 0 spiro atoms. The van der Waals surface area contributed by atoms with Crippen LogP contribution >= 0.6 is 11.8 Å². The minimum absolute atomic E-state index is 0.0963. The van der Waals surface area contributed by atoms with Gasteiger partial charge in [-0.05, 0) is 18.6 Å². The maximum absolute atomic E-state index is 13.3. The number of hydrogen-bond donors (Lipinski definition) is 1. The van der Waals surface area contributed by atoms with Crippen LogP contribution in [0.5, 0.6) is 0 Å². The second-order valence-electron chi connectivity index (χ2n) is 6.25. The topological polar surface area (TPSA) is 54.9 Å². The van der Waals surface area contributed by atoms with E-state index < -0.39 is 17.1 Å². The number of hydrogen-bond acceptors (Lipinski definition) is 4. The van der Waals surface area contributed by atoms with Crippen molar-refractivity contribution in [2.75, 3.05) is 0 Å². The lowest BCUT2D eigenvalue weighted by molar-refractivity contribution is -0.141. The fraction of sp³-hybridized carbons (Fsp3) is 0.190. The minimum atomic E-state index is -4.61. The lowest BCUT2D eigenvalue weighted by Gasteiger charge is -2.14. The molecule has 0 saturated carbocycles. The lowest BCUT2D eigenvalue weighted by atomic mass is 10.1. The molecule has 0 fully saturated rings. The van der Waals surface area contributed by atoms with Crippen molar-refractivity contribution < 1.29 is 18.0 Å². The van der Waals surface area contributed by atoms with E-state index in [-0.39, 0.29) is 16.8 Å². The largest absolute Gasteiger partial charge is 0.433 e. The van der Waals surface area contributed by atoms with Crippen LogP contribution in [0, 0.1) is 0 Å². The normalized spacial score (nSPS) is 12.4. The molecule has 0 aliphatic heterocycles. The lowest BCUT2D eigenvalue weighted by Crippen LogP contribution is -2.30. The zero-order valence-electron chi connectivity index (χ0n) is 15.5. The van der Waals surface area contributed by atoms with Crippen molar-refractivity contribution in [2.45, 2.75) is 30.1 Å². The number of thioether (sulfide) groups is 1. The zero-order chi connectivity index (χ0) is 20.9. The van der Waals surface area contributed by atoms with Gasteiger partial charge >= 0.3 is 6.18 Å². The molecule has 29 heavy (non-hydrogen) atoms. The summed E-state index contributed by atoms with van der Waals surface area (Å²) in [5.41, 5.74) is 0.598. The Labute approximate surface area is 170 Å². The number of alkyl halides is 3. The molecule has 1 heterocycles. The average molecular weight is 417 g/mol. The van der Waals surface area contributed by atoms with Gasteiger partial charge in [-0.3, -0.25) is 4.79 Å². The van der Waals surface area contributed by atoms with Crippen molar-refractivity contribution in [3.8, 4) is 11.3 Å². The highest BCUT2D eigenvalue weighted by atomic mass is 32.2. The Kier molecular flexibility index (Phi) is 6.53. The van der Waals surface area contributed by atoms with Gasteiger partial charge in [-0.15, -0.1) is 0 Å². The Balaban J connectivity index is 1.77. The van der Waals surface area contributed by atoms with Gasteiger partial charge in [-0.25, -0.2) is 9.97 Å². The van der Waals surface area contributed by atoms with E-state index in [1.807, 2.05) is 30.3 Å². The van der Waals surface area contributed by atoms with Crippen LogP contribution in [-0.4, -0.2) is 21.1 Å². The third kappa shape index (κ3) is 5.80. The van der Waals surface area contributed by atoms with Crippen molar-refractivity contribution >= 4 is 17.7 Å². The third-order valence-electron chi connectivity index (χ3n) is 4.03. The first-order valence-electron chi connectivity index (χ1n) is 8.83. The number of amides is 1. The molecule has 2 aromatic carbocycles. The molecule has 1 amide bonds. The van der Waals surface area contributed by atoms with E-state index >= 15 is 0 Å². The number of carbonyl (C=O) groups excluding carboxylic acids is 1. The predicted molar refractivity (Wildman–Crippen MR) is 106 cm³/mol. The summed E-state index contributed by atoms with van der Waals surface area (Å²) in [6, 6.07) is 18.8. The molecule has 3 aromatic rings. The summed E-state index contributed by atoms with van der Waals surface area (Å²) in [7, 11) is 0. The first-order chi connectivity index (χ1) is 13.8. The third-order valence-corrected chi connectivity index (χ3v) is 4.99. The Morgan fingerprint density at radius 3 is 2.28 bits per heavy atom. The number of nitrogens with one attached hydrogen (secondary N) is 1. The first kappa shape index (κ1) is 20.9. The van der Waals surface area contributed by atoms with Crippen molar-refractivity contribution in [2.24, 2.45) is 0 Å². The van der Waals surface area contributed by atoms with Gasteiger partial charge in [0, 0.05) is 12.1 Å². The number of rotatable bonds is 6. The van der Waals surface area contributed by atoms with Crippen LogP contribution in [0.1, 0.15) is 18.2 Å². The van der Waals surface area contributed by atoms with Gasteiger partial charge in [-0.1, -0.05) is 72.4 Å². The summed E-state index contributed by atoms with van der Waals surface area (Å²) in [4.78, 5) is 20.2. The summed E-state index contributed by atoms with van der Waals surface area (Å²) < 4.78 is 39.9. The molecule has 0 saturated heterocycles. The van der Waals surface area contributed by atoms with Crippen molar-refractivity contribution in [1.82, 2.24) is 15.3 Å². The maximum atomic E-state index is 13.3. The molecule has 4 nitrogen and oxygen atoms in total. The number of carbonyl (C=O) groups is 1. The van der Waals surface area contributed by atoms with Gasteiger partial charge in [0.1, 0.15) is 5.69 Å². The molecule has 1 aromatic heterocycles. The van der Waals surface area contributed by atoms with Crippen LogP contribution in [0.2, 0.25) is 0 Å². The molecule has 1 atom stereocenters. The average Bonchev–Trinajstić information content (AvgIpc) is 2.72. The van der Waals surface area contributed by atoms with Crippen LogP contribution < -0.4 is 5.32 Å². The highest BCUT2D eigenvalue weighted by molar-refractivity contribution is 8.00. The van der Waals surface area contributed by atoms with Crippen molar-refractivity contribution in [3.63, 3.8) is 0 Å². The van der Waals surface area contributed by atoms with Gasteiger partial charge in [0.05, 0.1) is 10.9 Å². The Morgan fingerprint density at radius 2 is 1.66 bits per heavy atom. The van der Waals surface area contributed by atoms with Crippen LogP contribution in [0.4, 0.5) is 13.2 Å². The molecule has 0 aliphatic rings. The van der Waals surface area contributed by atoms with Gasteiger partial charge in [0.2, 0.25) is 5.91 Å². The van der Waals surface area contributed by atoms with E-state index in [4.69, 9.17) is 0 Å². The Hall–Kier alpha value is -2.87. The fourth-order valence-corrected chi connectivity index (χ4v) is 3.33. The van der Waals surface area contributed by atoms with Crippen molar-refractivity contribution in [3.05, 3.63) is 78.0 Å². The summed E-state index contributed by atoms with van der Waals surface area (Å²) in [6.45, 7) is 1.94. The standard InChI is InChI=1S/C21H18F3N3OS/c1-14(19(28)25-13-15-8-4-2-5-9-15)29-20-26-17(16-10-6-3-7-11-16)12-18(27-20)21(22,23)24/h2-12,14H,13H2,1H3,(H,25,28). The molecular formula is C21H18F3N3OS. The quantitative estimate of drug-likeness (QED) is 0.455. The van der Waals surface area contributed by atoms with E-state index in [0.29, 0.717) is 12.1 Å². The Bertz CT molecular complexity index is 966. The number of nitrogens with zero attached hydrogens (tertiary/aromatic N) is 2. The molecule has 3 rings (SSSR count). The summed E-state index contributed by atoms with van der Waals surface area (Å²) in [6.07, 6.45) is -4.61. The van der Waals surface area contributed by atoms with E-state index in [0.717, 1.165) is 23.4 Å². The van der Waals surface area contributed by atoms with Gasteiger partial charge in [-0.2, -0.15) is 13.2 Å². The highest BCUT2D eigenvalue weighted by Gasteiger charge is 2.34. The second-order valence-corrected chi connectivity index (χ2v) is 7.56. The number of benzene rings is 2. The van der Waals surface area contributed by atoms with Crippen LogP contribution in [-0.2, 0) is 17.5 Å². The number of aromatic nitrogens is 2. The summed E-state index contributed by atoms with van der Waals surface area (Å²) in [5, 5.41) is 2.02. The zero-order valence-corrected chi connectivity index (χ0v) is 16.3. The fourth-order valence-electron chi connectivity index (χ4n) is 2.52. The summed E-state index contributed by atoms with van der Waals surface area (Å²) in [5.74, 6) is -0.305. The Morgan fingerprint density at radius 1 is 1.03 bits per heavy atom. The molecule has 1 unspecified atom stereocenters. The first-order valence-corrected chi connectivity index (χ1v) is 9.71. The van der Waals surface area contributed by atoms with E-state index in [2.05, 4.69) is 15.3 Å². The highest BCUT2D eigenvalue weighted by Crippen LogP contribution is 2.32. The molecule has 8 heteroatoms.